The Balaban J connectivity index is 2.92. The highest BCUT2D eigenvalue weighted by Gasteiger charge is 2.56. The van der Waals surface area contributed by atoms with Crippen LogP contribution >= 0.6 is 0 Å². The number of methoxy groups -OCH3 is 1. The Kier molecular flexibility index (Phi) is 6.28. The van der Waals surface area contributed by atoms with Crippen LogP contribution < -0.4 is 10.0 Å². The first-order chi connectivity index (χ1) is 11.3. The van der Waals surface area contributed by atoms with Crippen molar-refractivity contribution in [3.8, 4) is 0 Å². The first-order valence-electron chi connectivity index (χ1n) is 7.99. The van der Waals surface area contributed by atoms with Crippen LogP contribution in [0.1, 0.15) is 47.0 Å². The van der Waals surface area contributed by atoms with Crippen molar-refractivity contribution in [3.63, 3.8) is 0 Å². The maximum Gasteiger partial charge on any atom is 0.408 e. The van der Waals surface area contributed by atoms with E-state index in [4.69, 9.17) is 9.47 Å². The van der Waals surface area contributed by atoms with Gasteiger partial charge < -0.3 is 14.8 Å². The molecule has 0 saturated heterocycles. The molecule has 1 fully saturated rings. The lowest BCUT2D eigenvalue weighted by Crippen LogP contribution is -2.59. The van der Waals surface area contributed by atoms with Gasteiger partial charge in [-0.1, -0.05) is 6.08 Å². The molecule has 144 valence electrons. The summed E-state index contributed by atoms with van der Waals surface area (Å²) < 4.78 is 36.1. The number of carbonyl (C=O) groups is 2. The van der Waals surface area contributed by atoms with Crippen LogP contribution in [0.5, 0.6) is 0 Å². The molecule has 0 aromatic rings. The number of hydrogen-bond acceptors (Lipinski definition) is 6. The van der Waals surface area contributed by atoms with Crippen molar-refractivity contribution in [2.45, 2.75) is 62.8 Å². The second-order valence-electron chi connectivity index (χ2n) is 7.50. The third kappa shape index (κ3) is 5.43. The van der Waals surface area contributed by atoms with Crippen LogP contribution in [0.4, 0.5) is 4.79 Å². The highest BCUT2D eigenvalue weighted by atomic mass is 32.2. The quantitative estimate of drug-likeness (QED) is 0.621. The fraction of sp³-hybridized carbons (Fsp3) is 0.750. The van der Waals surface area contributed by atoms with Crippen molar-refractivity contribution in [3.05, 3.63) is 12.7 Å². The summed E-state index contributed by atoms with van der Waals surface area (Å²) in [5.74, 6) is -0.847. The van der Waals surface area contributed by atoms with E-state index < -0.39 is 37.9 Å². The van der Waals surface area contributed by atoms with Crippen molar-refractivity contribution in [1.29, 1.82) is 0 Å². The summed E-state index contributed by atoms with van der Waals surface area (Å²) in [5, 5.41) is 2.44. The van der Waals surface area contributed by atoms with Gasteiger partial charge in [-0.3, -0.25) is 9.52 Å². The number of carbonyl (C=O) groups excluding carboxylic acids is 2. The molecule has 1 aliphatic carbocycles. The maximum absolute atomic E-state index is 12.6. The fourth-order valence-corrected chi connectivity index (χ4v) is 3.85. The SMILES string of the molecule is C=CCC(C)(NC(=O)OC(C)(C)C)C(=O)NS(=O)(=O)C1(COC)CC1. The summed E-state index contributed by atoms with van der Waals surface area (Å²) >= 11 is 0. The fourth-order valence-electron chi connectivity index (χ4n) is 2.25. The van der Waals surface area contributed by atoms with Crippen LogP contribution in [0, 0.1) is 0 Å². The molecule has 0 heterocycles. The Labute approximate surface area is 149 Å². The van der Waals surface area contributed by atoms with Crippen LogP contribution in [0.15, 0.2) is 12.7 Å². The Bertz CT molecular complexity index is 634. The second-order valence-corrected chi connectivity index (χ2v) is 9.58. The van der Waals surface area contributed by atoms with Crippen molar-refractivity contribution in [2.75, 3.05) is 13.7 Å². The average Bonchev–Trinajstić information content (AvgIpc) is 3.17. The molecule has 1 atom stereocenters. The maximum atomic E-state index is 12.6. The Morgan fingerprint density at radius 3 is 2.20 bits per heavy atom. The molecule has 0 aromatic heterocycles. The third-order valence-corrected chi connectivity index (χ3v) is 5.96. The van der Waals surface area contributed by atoms with Gasteiger partial charge in [-0.15, -0.1) is 6.58 Å². The van der Waals surface area contributed by atoms with Gasteiger partial charge in [0.25, 0.3) is 5.91 Å². The minimum absolute atomic E-state index is 0.00722. The Hall–Kier alpha value is -1.61. The van der Waals surface area contributed by atoms with Gasteiger partial charge in [-0.25, -0.2) is 13.2 Å². The largest absolute Gasteiger partial charge is 0.444 e. The van der Waals surface area contributed by atoms with Gasteiger partial charge in [0.15, 0.2) is 0 Å². The lowest BCUT2D eigenvalue weighted by Gasteiger charge is -2.30. The molecule has 0 aromatic carbocycles. The zero-order chi connectivity index (χ0) is 19.5. The van der Waals surface area contributed by atoms with E-state index in [0.717, 1.165) is 0 Å². The molecule has 2 amide bonds. The lowest BCUT2D eigenvalue weighted by molar-refractivity contribution is -0.125. The third-order valence-electron chi connectivity index (χ3n) is 3.84. The average molecular weight is 376 g/mol. The molecular formula is C16H28N2O6S. The predicted octanol–water partition coefficient (Wildman–Crippen LogP) is 1.47. The molecule has 25 heavy (non-hydrogen) atoms. The minimum Gasteiger partial charge on any atom is -0.444 e. The monoisotopic (exact) mass is 376 g/mol. The van der Waals surface area contributed by atoms with Gasteiger partial charge >= 0.3 is 6.09 Å². The van der Waals surface area contributed by atoms with Gasteiger partial charge in [-0.2, -0.15) is 0 Å². The molecule has 2 N–H and O–H groups in total. The standard InChI is InChI=1S/C16H28N2O6S/c1-7-8-15(5,17-13(20)24-14(2,3)4)12(19)18-25(21,22)16(9-10-16)11-23-6/h7H,1,8-11H2,2-6H3,(H,17,20)(H,18,19). The molecule has 0 bridgehead atoms. The van der Waals surface area contributed by atoms with Crippen molar-refractivity contribution in [2.24, 2.45) is 0 Å². The summed E-state index contributed by atoms with van der Waals surface area (Å²) in [4.78, 5) is 24.6. The number of amides is 2. The van der Waals surface area contributed by atoms with Crippen LogP contribution in [-0.4, -0.2) is 50.0 Å². The number of sulfonamides is 1. The van der Waals surface area contributed by atoms with Gasteiger partial charge in [0.05, 0.1) is 6.61 Å². The van der Waals surface area contributed by atoms with Crippen molar-refractivity contribution >= 4 is 22.0 Å². The van der Waals surface area contributed by atoms with Gasteiger partial charge in [0.2, 0.25) is 10.0 Å². The van der Waals surface area contributed by atoms with E-state index in [-0.39, 0.29) is 13.0 Å². The summed E-state index contributed by atoms with van der Waals surface area (Å²) in [6.07, 6.45) is 1.47. The number of hydrogen-bond donors (Lipinski definition) is 2. The number of rotatable bonds is 8. The van der Waals surface area contributed by atoms with E-state index in [9.17, 15) is 18.0 Å². The van der Waals surface area contributed by atoms with E-state index in [1.807, 2.05) is 0 Å². The lowest BCUT2D eigenvalue weighted by atomic mass is 9.97. The van der Waals surface area contributed by atoms with E-state index >= 15 is 0 Å². The number of ether oxygens (including phenoxy) is 2. The zero-order valence-corrected chi connectivity index (χ0v) is 16.3. The molecule has 1 rings (SSSR count). The number of nitrogens with one attached hydrogen (secondary N) is 2. The molecular weight excluding hydrogens is 348 g/mol. The first-order valence-corrected chi connectivity index (χ1v) is 9.47. The molecule has 0 radical (unpaired) electrons. The Morgan fingerprint density at radius 2 is 1.80 bits per heavy atom. The first kappa shape index (κ1) is 21.4. The number of alkyl carbamates (subject to hydrolysis) is 1. The van der Waals surface area contributed by atoms with E-state index in [2.05, 4.69) is 16.6 Å². The molecule has 1 unspecified atom stereocenters. The molecule has 1 saturated carbocycles. The highest BCUT2D eigenvalue weighted by molar-refractivity contribution is 7.91. The predicted molar refractivity (Wildman–Crippen MR) is 93.5 cm³/mol. The molecule has 0 spiro atoms. The molecule has 8 nitrogen and oxygen atoms in total. The normalized spacial score (nSPS) is 18.6. The van der Waals surface area contributed by atoms with E-state index in [0.29, 0.717) is 12.8 Å². The zero-order valence-electron chi connectivity index (χ0n) is 15.5. The summed E-state index contributed by atoms with van der Waals surface area (Å²) in [6.45, 7) is 10.0. The van der Waals surface area contributed by atoms with Crippen LogP contribution in [0.2, 0.25) is 0 Å². The van der Waals surface area contributed by atoms with Gasteiger partial charge in [-0.05, 0) is 47.0 Å². The van der Waals surface area contributed by atoms with Crippen LogP contribution in [0.3, 0.4) is 0 Å². The van der Waals surface area contributed by atoms with Crippen molar-refractivity contribution < 1.29 is 27.5 Å². The van der Waals surface area contributed by atoms with Gasteiger partial charge in [0, 0.05) is 7.11 Å². The van der Waals surface area contributed by atoms with Crippen LogP contribution in [-0.2, 0) is 24.3 Å². The van der Waals surface area contributed by atoms with E-state index in [1.54, 1.807) is 20.8 Å². The summed E-state index contributed by atoms with van der Waals surface area (Å²) in [5.41, 5.74) is -2.27. The van der Waals surface area contributed by atoms with E-state index in [1.165, 1.54) is 20.1 Å². The highest BCUT2D eigenvalue weighted by Crippen LogP contribution is 2.43. The minimum atomic E-state index is -3.93. The summed E-state index contributed by atoms with van der Waals surface area (Å²) in [7, 11) is -2.53. The summed E-state index contributed by atoms with van der Waals surface area (Å²) in [6, 6.07) is 0. The van der Waals surface area contributed by atoms with Gasteiger partial charge in [0.1, 0.15) is 15.9 Å². The molecule has 9 heteroatoms. The van der Waals surface area contributed by atoms with Crippen LogP contribution in [0.25, 0.3) is 0 Å². The Morgan fingerprint density at radius 1 is 1.24 bits per heavy atom. The van der Waals surface area contributed by atoms with Crippen molar-refractivity contribution in [1.82, 2.24) is 10.0 Å². The topological polar surface area (TPSA) is 111 Å². The molecule has 0 aliphatic heterocycles. The smallest absolute Gasteiger partial charge is 0.408 e. The molecule has 1 aliphatic rings. The second kappa shape index (κ2) is 7.33.